The smallest absolute Gasteiger partial charge is 0.240 e. The lowest BCUT2D eigenvalue weighted by molar-refractivity contribution is 0.197. The van der Waals surface area contributed by atoms with Crippen molar-refractivity contribution in [2.45, 2.75) is 6.54 Å². The number of ether oxygens (including phenoxy) is 1. The number of nitrogens with zero attached hydrogens (tertiary/aromatic N) is 2. The number of hydrogen-bond donors (Lipinski definition) is 2. The van der Waals surface area contributed by atoms with Crippen molar-refractivity contribution in [3.63, 3.8) is 0 Å². The molecule has 0 saturated carbocycles. The molecule has 3 N–H and O–H groups in total. The number of fused-ring (bicyclic) bond motifs is 1. The first-order chi connectivity index (χ1) is 7.76. The minimum Gasteiger partial charge on any atom is -0.474 e. The van der Waals surface area contributed by atoms with E-state index in [2.05, 4.69) is 5.10 Å². The summed E-state index contributed by atoms with van der Waals surface area (Å²) in [5.74, 6) is 0.551. The Kier molecular flexibility index (Phi) is 3.07. The molecule has 0 saturated heterocycles. The molecule has 0 atom stereocenters. The zero-order valence-corrected chi connectivity index (χ0v) is 9.18. The summed E-state index contributed by atoms with van der Waals surface area (Å²) in [6.45, 7) is 0.748. The first kappa shape index (κ1) is 10.9. The van der Waals surface area contributed by atoms with Crippen LogP contribution in [0, 0.1) is 0 Å². The first-order valence-corrected chi connectivity index (χ1v) is 5.15. The van der Waals surface area contributed by atoms with Gasteiger partial charge in [-0.05, 0) is 17.7 Å². The van der Waals surface area contributed by atoms with Gasteiger partial charge in [-0.1, -0.05) is 6.07 Å². The minimum absolute atomic E-state index is 0.0149. The van der Waals surface area contributed by atoms with Crippen LogP contribution in [0.15, 0.2) is 18.2 Å². The van der Waals surface area contributed by atoms with Gasteiger partial charge in [-0.25, -0.2) is 0 Å². The molecule has 5 nitrogen and oxygen atoms in total. The summed E-state index contributed by atoms with van der Waals surface area (Å²) in [6.07, 6.45) is 0. The summed E-state index contributed by atoms with van der Waals surface area (Å²) in [5, 5.41) is 13.9. The molecular formula is C11H15N3O2. The van der Waals surface area contributed by atoms with E-state index >= 15 is 0 Å². The highest BCUT2D eigenvalue weighted by Gasteiger charge is 2.09. The molecule has 5 heteroatoms. The molecule has 1 heterocycles. The van der Waals surface area contributed by atoms with E-state index in [1.165, 1.54) is 0 Å². The van der Waals surface area contributed by atoms with Crippen LogP contribution in [0.4, 0.5) is 0 Å². The third-order valence-corrected chi connectivity index (χ3v) is 2.45. The summed E-state index contributed by atoms with van der Waals surface area (Å²) in [7, 11) is 1.86. The van der Waals surface area contributed by atoms with Crippen LogP contribution in [-0.4, -0.2) is 28.1 Å². The Morgan fingerprint density at radius 2 is 2.31 bits per heavy atom. The number of aliphatic hydroxyl groups excluding tert-OH is 1. The van der Waals surface area contributed by atoms with Crippen molar-refractivity contribution in [2.24, 2.45) is 12.8 Å². The fourth-order valence-corrected chi connectivity index (χ4v) is 1.65. The highest BCUT2D eigenvalue weighted by molar-refractivity contribution is 5.85. The van der Waals surface area contributed by atoms with Crippen LogP contribution in [0.25, 0.3) is 10.9 Å². The summed E-state index contributed by atoms with van der Waals surface area (Å²) >= 11 is 0. The van der Waals surface area contributed by atoms with Crippen LogP contribution in [0.5, 0.6) is 5.88 Å². The van der Waals surface area contributed by atoms with Gasteiger partial charge in [-0.15, -0.1) is 5.10 Å². The van der Waals surface area contributed by atoms with Crippen molar-refractivity contribution in [3.05, 3.63) is 23.8 Å². The highest BCUT2D eigenvalue weighted by atomic mass is 16.5. The predicted molar refractivity (Wildman–Crippen MR) is 61.2 cm³/mol. The van der Waals surface area contributed by atoms with E-state index in [0.717, 1.165) is 16.5 Å². The molecule has 0 radical (unpaired) electrons. The molecule has 2 rings (SSSR count). The second-order valence-electron chi connectivity index (χ2n) is 3.56. The SMILES string of the molecule is Cn1nc(OCCO)c2ccc(CN)cc21. The largest absolute Gasteiger partial charge is 0.474 e. The van der Waals surface area contributed by atoms with Gasteiger partial charge >= 0.3 is 0 Å². The van der Waals surface area contributed by atoms with Crippen molar-refractivity contribution in [1.82, 2.24) is 9.78 Å². The number of aryl methyl sites for hydroxylation is 1. The first-order valence-electron chi connectivity index (χ1n) is 5.15. The van der Waals surface area contributed by atoms with E-state index in [0.29, 0.717) is 12.4 Å². The Balaban J connectivity index is 2.45. The van der Waals surface area contributed by atoms with E-state index in [9.17, 15) is 0 Å². The zero-order valence-electron chi connectivity index (χ0n) is 9.18. The van der Waals surface area contributed by atoms with Crippen LogP contribution in [-0.2, 0) is 13.6 Å². The minimum atomic E-state index is -0.0149. The molecule has 0 bridgehead atoms. The van der Waals surface area contributed by atoms with Crippen LogP contribution < -0.4 is 10.5 Å². The van der Waals surface area contributed by atoms with Gasteiger partial charge in [-0.3, -0.25) is 4.68 Å². The standard InChI is InChI=1S/C11H15N3O2/c1-14-10-6-8(7-12)2-3-9(10)11(13-14)16-5-4-15/h2-3,6,15H,4-5,7,12H2,1H3. The fraction of sp³-hybridized carbons (Fsp3) is 0.364. The zero-order chi connectivity index (χ0) is 11.5. The molecule has 86 valence electrons. The van der Waals surface area contributed by atoms with Crippen molar-refractivity contribution in [3.8, 4) is 5.88 Å². The summed E-state index contributed by atoms with van der Waals surface area (Å²) in [4.78, 5) is 0. The van der Waals surface area contributed by atoms with E-state index < -0.39 is 0 Å². The van der Waals surface area contributed by atoms with Crippen molar-refractivity contribution in [2.75, 3.05) is 13.2 Å². The average Bonchev–Trinajstić information content (AvgIpc) is 2.63. The molecule has 1 aromatic heterocycles. The molecule has 0 unspecified atom stereocenters. The Morgan fingerprint density at radius 1 is 1.50 bits per heavy atom. The van der Waals surface area contributed by atoms with Gasteiger partial charge in [0.1, 0.15) is 6.61 Å². The number of aromatic nitrogens is 2. The summed E-state index contributed by atoms with van der Waals surface area (Å²) in [5.41, 5.74) is 7.63. The number of benzene rings is 1. The molecular weight excluding hydrogens is 206 g/mol. The molecule has 16 heavy (non-hydrogen) atoms. The van der Waals surface area contributed by atoms with Gasteiger partial charge in [-0.2, -0.15) is 0 Å². The maximum atomic E-state index is 8.71. The van der Waals surface area contributed by atoms with Crippen LogP contribution >= 0.6 is 0 Å². The number of rotatable bonds is 4. The molecule has 0 fully saturated rings. The summed E-state index contributed by atoms with van der Waals surface area (Å²) < 4.78 is 7.10. The van der Waals surface area contributed by atoms with Crippen LogP contribution in [0.2, 0.25) is 0 Å². The predicted octanol–water partition coefficient (Wildman–Crippen LogP) is 0.403. The van der Waals surface area contributed by atoms with E-state index in [-0.39, 0.29) is 13.2 Å². The number of nitrogens with two attached hydrogens (primary N) is 1. The maximum Gasteiger partial charge on any atom is 0.240 e. The molecule has 0 aliphatic rings. The quantitative estimate of drug-likeness (QED) is 0.784. The van der Waals surface area contributed by atoms with Crippen molar-refractivity contribution < 1.29 is 9.84 Å². The molecule has 0 aliphatic carbocycles. The lowest BCUT2D eigenvalue weighted by Crippen LogP contribution is -2.02. The Morgan fingerprint density at radius 3 is 3.00 bits per heavy atom. The van der Waals surface area contributed by atoms with E-state index in [4.69, 9.17) is 15.6 Å². The second kappa shape index (κ2) is 4.51. The van der Waals surface area contributed by atoms with Gasteiger partial charge in [0.05, 0.1) is 17.5 Å². The second-order valence-corrected chi connectivity index (χ2v) is 3.56. The Hall–Kier alpha value is -1.59. The lowest BCUT2D eigenvalue weighted by atomic mass is 10.1. The van der Waals surface area contributed by atoms with Crippen molar-refractivity contribution in [1.29, 1.82) is 0 Å². The van der Waals surface area contributed by atoms with E-state index in [1.54, 1.807) is 4.68 Å². The number of hydrogen-bond acceptors (Lipinski definition) is 4. The van der Waals surface area contributed by atoms with Gasteiger partial charge in [0, 0.05) is 13.6 Å². The topological polar surface area (TPSA) is 73.3 Å². The van der Waals surface area contributed by atoms with Gasteiger partial charge < -0.3 is 15.6 Å². The normalized spacial score (nSPS) is 10.9. The Bertz CT molecular complexity index is 493. The van der Waals surface area contributed by atoms with Gasteiger partial charge in [0.15, 0.2) is 0 Å². The number of aliphatic hydroxyl groups is 1. The average molecular weight is 221 g/mol. The molecule has 0 spiro atoms. The van der Waals surface area contributed by atoms with Crippen LogP contribution in [0.1, 0.15) is 5.56 Å². The summed E-state index contributed by atoms with van der Waals surface area (Å²) in [6, 6.07) is 5.89. The molecule has 2 aromatic rings. The van der Waals surface area contributed by atoms with Crippen LogP contribution in [0.3, 0.4) is 0 Å². The molecule has 1 aromatic carbocycles. The monoisotopic (exact) mass is 221 g/mol. The third-order valence-electron chi connectivity index (χ3n) is 2.45. The maximum absolute atomic E-state index is 8.71. The van der Waals surface area contributed by atoms with E-state index in [1.807, 2.05) is 25.2 Å². The molecule has 0 amide bonds. The fourth-order valence-electron chi connectivity index (χ4n) is 1.65. The molecule has 0 aliphatic heterocycles. The van der Waals surface area contributed by atoms with Crippen molar-refractivity contribution >= 4 is 10.9 Å². The third kappa shape index (κ3) is 1.87. The highest BCUT2D eigenvalue weighted by Crippen LogP contribution is 2.25. The Labute approximate surface area is 93.4 Å². The van der Waals surface area contributed by atoms with Gasteiger partial charge in [0.2, 0.25) is 5.88 Å². The lowest BCUT2D eigenvalue weighted by Gasteiger charge is -2.00. The van der Waals surface area contributed by atoms with Gasteiger partial charge in [0.25, 0.3) is 0 Å².